The molecule has 0 amide bonds. The summed E-state index contributed by atoms with van der Waals surface area (Å²) >= 11 is 1.70. The van der Waals surface area contributed by atoms with Gasteiger partial charge < -0.3 is 14.5 Å². The van der Waals surface area contributed by atoms with E-state index in [1.165, 1.54) is 5.69 Å². The number of thiazole rings is 1. The van der Waals surface area contributed by atoms with Crippen LogP contribution in [0.3, 0.4) is 0 Å². The third-order valence-corrected chi connectivity index (χ3v) is 5.88. The summed E-state index contributed by atoms with van der Waals surface area (Å²) in [7, 11) is 3.62. The summed E-state index contributed by atoms with van der Waals surface area (Å²) in [5.74, 6) is 0. The molecule has 1 aliphatic rings. The smallest absolute Gasteiger partial charge is 0.269 e. The molecule has 0 aromatic carbocycles. The summed E-state index contributed by atoms with van der Waals surface area (Å²) in [6.45, 7) is 6.32. The lowest BCUT2D eigenvalue weighted by atomic mass is 10.1. The Balaban J connectivity index is 1.60. The number of hydrogen-bond acceptors (Lipinski definition) is 7. The van der Waals surface area contributed by atoms with Crippen LogP contribution in [0.4, 0.5) is 5.69 Å². The molecule has 1 atom stereocenters. The zero-order valence-corrected chi connectivity index (χ0v) is 17.2. The van der Waals surface area contributed by atoms with E-state index >= 15 is 0 Å². The van der Waals surface area contributed by atoms with Gasteiger partial charge >= 0.3 is 0 Å². The Labute approximate surface area is 164 Å². The van der Waals surface area contributed by atoms with E-state index in [4.69, 9.17) is 4.74 Å². The first-order valence-corrected chi connectivity index (χ1v) is 10.4. The Kier molecular flexibility index (Phi) is 6.98. The number of aromatic nitrogens is 3. The van der Waals surface area contributed by atoms with E-state index < -0.39 is 0 Å². The van der Waals surface area contributed by atoms with Crippen LogP contribution in [0.1, 0.15) is 29.6 Å². The number of methoxy groups -OCH3 is 1. The maximum atomic E-state index is 12.6. The molecule has 0 bridgehead atoms. The zero-order chi connectivity index (χ0) is 19.2. The third-order valence-electron chi connectivity index (χ3n) is 5.06. The predicted octanol–water partition coefficient (Wildman–Crippen LogP) is 1.97. The van der Waals surface area contributed by atoms with Gasteiger partial charge in [-0.3, -0.25) is 4.79 Å². The van der Waals surface area contributed by atoms with Gasteiger partial charge in [0, 0.05) is 51.7 Å². The average molecular weight is 392 g/mol. The molecule has 1 aliphatic heterocycles. The van der Waals surface area contributed by atoms with E-state index in [1.807, 2.05) is 18.9 Å². The first-order chi connectivity index (χ1) is 13.1. The second kappa shape index (κ2) is 9.43. The lowest BCUT2D eigenvalue weighted by molar-refractivity contribution is 0.168. The van der Waals surface area contributed by atoms with Gasteiger partial charge in [0.25, 0.3) is 5.56 Å². The molecule has 0 saturated carbocycles. The summed E-state index contributed by atoms with van der Waals surface area (Å²) in [6.07, 6.45) is 4.83. The molecule has 7 nitrogen and oxygen atoms in total. The van der Waals surface area contributed by atoms with Gasteiger partial charge in [-0.2, -0.15) is 5.10 Å². The number of rotatable bonds is 8. The minimum Gasteiger partial charge on any atom is -0.383 e. The molecule has 1 fully saturated rings. The monoisotopic (exact) mass is 391 g/mol. The molecule has 8 heteroatoms. The normalized spacial score (nSPS) is 18.0. The molecule has 27 heavy (non-hydrogen) atoms. The highest BCUT2D eigenvalue weighted by Gasteiger charge is 2.23. The van der Waals surface area contributed by atoms with Crippen molar-refractivity contribution in [1.82, 2.24) is 19.7 Å². The van der Waals surface area contributed by atoms with Gasteiger partial charge in [-0.15, -0.1) is 11.3 Å². The number of hydrogen-bond donors (Lipinski definition) is 0. The molecule has 2 aromatic heterocycles. The number of anilines is 1. The maximum absolute atomic E-state index is 12.6. The van der Waals surface area contributed by atoms with Crippen molar-refractivity contribution in [2.45, 2.75) is 32.2 Å². The lowest BCUT2D eigenvalue weighted by Crippen LogP contribution is -2.41. The number of nitrogens with zero attached hydrogens (tertiary/aromatic N) is 5. The van der Waals surface area contributed by atoms with Crippen molar-refractivity contribution < 1.29 is 4.74 Å². The van der Waals surface area contributed by atoms with Gasteiger partial charge in [0.2, 0.25) is 0 Å². The zero-order valence-electron chi connectivity index (χ0n) is 16.4. The van der Waals surface area contributed by atoms with Crippen molar-refractivity contribution in [3.05, 3.63) is 38.7 Å². The summed E-state index contributed by atoms with van der Waals surface area (Å²) in [5.41, 5.74) is 1.97. The molecule has 0 unspecified atom stereocenters. The Morgan fingerprint density at radius 3 is 3.00 bits per heavy atom. The number of likely N-dealkylation sites (tertiary alicyclic amines) is 1. The fraction of sp³-hybridized carbons (Fsp3) is 0.632. The number of aryl methyl sites for hydroxylation is 1. The van der Waals surface area contributed by atoms with Crippen LogP contribution in [-0.4, -0.2) is 66.6 Å². The number of likely N-dealkylation sites (N-methyl/N-ethyl adjacent to an activating group) is 1. The molecule has 2 aromatic rings. The second-order valence-electron chi connectivity index (χ2n) is 7.12. The summed E-state index contributed by atoms with van der Waals surface area (Å²) in [6, 6.07) is 1.82. The van der Waals surface area contributed by atoms with Crippen LogP contribution in [0.25, 0.3) is 0 Å². The van der Waals surface area contributed by atoms with Crippen molar-refractivity contribution in [3.63, 3.8) is 0 Å². The van der Waals surface area contributed by atoms with Gasteiger partial charge in [0.15, 0.2) is 0 Å². The molecule has 0 spiro atoms. The largest absolute Gasteiger partial charge is 0.383 e. The standard InChI is InChI=1S/C19H29N5O2S/c1-15-21-16(14-27-15)6-8-23-7-4-5-17(13-23)24-19(25)11-18(12-20-24)22(2)9-10-26-3/h11-12,14,17H,4-10,13H2,1-3H3/t17-/m0/s1. The minimum absolute atomic E-state index is 0.0289. The van der Waals surface area contributed by atoms with Crippen LogP contribution in [0.15, 0.2) is 22.4 Å². The van der Waals surface area contributed by atoms with Crippen LogP contribution in [-0.2, 0) is 11.2 Å². The fourth-order valence-electron chi connectivity index (χ4n) is 3.48. The molecular formula is C19H29N5O2S. The molecule has 3 rings (SSSR count). The van der Waals surface area contributed by atoms with E-state index in [2.05, 4.69) is 20.4 Å². The molecule has 0 N–H and O–H groups in total. The molecule has 3 heterocycles. The highest BCUT2D eigenvalue weighted by molar-refractivity contribution is 7.09. The Hall–Kier alpha value is -1.77. The van der Waals surface area contributed by atoms with Crippen molar-refractivity contribution in [3.8, 4) is 0 Å². The highest BCUT2D eigenvalue weighted by atomic mass is 32.1. The predicted molar refractivity (Wildman–Crippen MR) is 109 cm³/mol. The van der Waals surface area contributed by atoms with E-state index in [0.29, 0.717) is 6.61 Å². The highest BCUT2D eigenvalue weighted by Crippen LogP contribution is 2.20. The summed E-state index contributed by atoms with van der Waals surface area (Å²) in [4.78, 5) is 21.6. The van der Waals surface area contributed by atoms with Crippen LogP contribution < -0.4 is 10.5 Å². The second-order valence-corrected chi connectivity index (χ2v) is 8.18. The van der Waals surface area contributed by atoms with Crippen LogP contribution in [0.5, 0.6) is 0 Å². The first kappa shape index (κ1) is 20.0. The van der Waals surface area contributed by atoms with E-state index in [1.54, 1.807) is 35.4 Å². The van der Waals surface area contributed by atoms with E-state index in [0.717, 1.165) is 56.1 Å². The van der Waals surface area contributed by atoms with Crippen molar-refractivity contribution in [1.29, 1.82) is 0 Å². The Morgan fingerprint density at radius 1 is 1.44 bits per heavy atom. The van der Waals surface area contributed by atoms with Gasteiger partial charge in [0.05, 0.1) is 35.2 Å². The van der Waals surface area contributed by atoms with Crippen LogP contribution >= 0.6 is 11.3 Å². The minimum atomic E-state index is -0.0289. The van der Waals surface area contributed by atoms with Crippen LogP contribution in [0.2, 0.25) is 0 Å². The lowest BCUT2D eigenvalue weighted by Gasteiger charge is -2.33. The maximum Gasteiger partial charge on any atom is 0.269 e. The van der Waals surface area contributed by atoms with Crippen LogP contribution in [0, 0.1) is 6.92 Å². The topological polar surface area (TPSA) is 63.5 Å². The van der Waals surface area contributed by atoms with Crippen molar-refractivity contribution in [2.24, 2.45) is 0 Å². The van der Waals surface area contributed by atoms with E-state index in [-0.39, 0.29) is 11.6 Å². The summed E-state index contributed by atoms with van der Waals surface area (Å²) < 4.78 is 6.76. The summed E-state index contributed by atoms with van der Waals surface area (Å²) in [5, 5.41) is 7.73. The van der Waals surface area contributed by atoms with Gasteiger partial charge in [-0.1, -0.05) is 0 Å². The average Bonchev–Trinajstić information content (AvgIpc) is 3.10. The molecule has 1 saturated heterocycles. The number of piperidine rings is 1. The van der Waals surface area contributed by atoms with E-state index in [9.17, 15) is 4.79 Å². The van der Waals surface area contributed by atoms with Gasteiger partial charge in [-0.25, -0.2) is 9.67 Å². The molecule has 148 valence electrons. The fourth-order valence-corrected chi connectivity index (χ4v) is 4.13. The molecule has 0 aliphatic carbocycles. The number of ether oxygens (including phenoxy) is 1. The molecular weight excluding hydrogens is 362 g/mol. The van der Waals surface area contributed by atoms with Gasteiger partial charge in [0.1, 0.15) is 0 Å². The quantitative estimate of drug-likeness (QED) is 0.686. The third kappa shape index (κ3) is 5.37. The first-order valence-electron chi connectivity index (χ1n) is 9.49. The SMILES string of the molecule is COCCN(C)c1cnn([C@H]2CCCN(CCc3csc(C)n3)C2)c(=O)c1. The Morgan fingerprint density at radius 2 is 2.30 bits per heavy atom. The van der Waals surface area contributed by atoms with Crippen molar-refractivity contribution >= 4 is 17.0 Å². The van der Waals surface area contributed by atoms with Crippen molar-refractivity contribution in [2.75, 3.05) is 51.8 Å². The molecule has 0 radical (unpaired) electrons. The Bertz CT molecular complexity index is 790. The van der Waals surface area contributed by atoms with Gasteiger partial charge in [-0.05, 0) is 26.3 Å².